The van der Waals surface area contributed by atoms with Crippen molar-refractivity contribution in [1.82, 2.24) is 10.5 Å². The molecule has 1 amide bonds. The molecule has 18 heavy (non-hydrogen) atoms. The summed E-state index contributed by atoms with van der Waals surface area (Å²) in [6, 6.07) is 1.58. The van der Waals surface area contributed by atoms with Crippen molar-refractivity contribution in [3.63, 3.8) is 0 Å². The van der Waals surface area contributed by atoms with Crippen molar-refractivity contribution in [2.24, 2.45) is 0 Å². The van der Waals surface area contributed by atoms with Gasteiger partial charge in [-0.25, -0.2) is 0 Å². The van der Waals surface area contributed by atoms with Crippen LogP contribution in [-0.4, -0.2) is 51.3 Å². The second-order valence-corrected chi connectivity index (χ2v) is 6.55. The normalized spacial score (nSPS) is 19.2. The number of aliphatic hydroxyl groups is 1. The van der Waals surface area contributed by atoms with Gasteiger partial charge in [-0.2, -0.15) is 23.5 Å². The molecule has 0 saturated carbocycles. The fourth-order valence-corrected chi connectivity index (χ4v) is 4.12. The Morgan fingerprint density at radius 3 is 2.78 bits per heavy atom. The molecule has 0 bridgehead atoms. The molecule has 100 valence electrons. The fourth-order valence-electron chi connectivity index (χ4n) is 1.59. The molecule has 0 radical (unpaired) electrons. The SMILES string of the molecule is Cc1cc(C(=O)NCC2(O)CSCCSC2)no1. The van der Waals surface area contributed by atoms with Gasteiger partial charge in [0.25, 0.3) is 5.91 Å². The van der Waals surface area contributed by atoms with Crippen molar-refractivity contribution in [1.29, 1.82) is 0 Å². The summed E-state index contributed by atoms with van der Waals surface area (Å²) in [6.45, 7) is 1.98. The van der Waals surface area contributed by atoms with Gasteiger partial charge in [0.1, 0.15) is 5.76 Å². The van der Waals surface area contributed by atoms with Crippen LogP contribution in [0.1, 0.15) is 16.2 Å². The number of rotatable bonds is 3. The standard InChI is InChI=1S/C11H16N2O3S2/c1-8-4-9(13-16-8)10(14)12-5-11(15)6-17-2-3-18-7-11/h4,15H,2-3,5-7H2,1H3,(H,12,14). The molecule has 0 aromatic carbocycles. The molecule has 0 unspecified atom stereocenters. The Bertz CT molecular complexity index is 414. The third kappa shape index (κ3) is 3.66. The first-order valence-corrected chi connectivity index (χ1v) is 7.99. The molecule has 1 aromatic rings. The van der Waals surface area contributed by atoms with Gasteiger partial charge in [-0.15, -0.1) is 0 Å². The van der Waals surface area contributed by atoms with E-state index < -0.39 is 5.60 Å². The summed E-state index contributed by atoms with van der Waals surface area (Å²) in [6.07, 6.45) is 0. The van der Waals surface area contributed by atoms with Gasteiger partial charge in [-0.1, -0.05) is 5.16 Å². The molecule has 0 aliphatic carbocycles. The zero-order valence-corrected chi connectivity index (χ0v) is 11.8. The Labute approximate surface area is 114 Å². The van der Waals surface area contributed by atoms with Crippen molar-refractivity contribution >= 4 is 29.4 Å². The molecule has 7 heteroatoms. The average molecular weight is 288 g/mol. The number of nitrogens with one attached hydrogen (secondary N) is 1. The largest absolute Gasteiger partial charge is 0.386 e. The number of aromatic nitrogens is 1. The number of aryl methyl sites for hydroxylation is 1. The Morgan fingerprint density at radius 2 is 2.22 bits per heavy atom. The highest BCUT2D eigenvalue weighted by Crippen LogP contribution is 2.24. The molecule has 1 aliphatic heterocycles. The van der Waals surface area contributed by atoms with Crippen molar-refractivity contribution in [3.8, 4) is 0 Å². The molecule has 1 aliphatic rings. The maximum absolute atomic E-state index is 11.8. The molecule has 2 heterocycles. The number of amides is 1. The van der Waals surface area contributed by atoms with Gasteiger partial charge in [0.2, 0.25) is 0 Å². The van der Waals surface area contributed by atoms with Gasteiger partial charge in [0.15, 0.2) is 5.69 Å². The van der Waals surface area contributed by atoms with E-state index in [2.05, 4.69) is 10.5 Å². The Morgan fingerprint density at radius 1 is 1.56 bits per heavy atom. The van der Waals surface area contributed by atoms with E-state index in [4.69, 9.17) is 4.52 Å². The van der Waals surface area contributed by atoms with E-state index in [0.717, 1.165) is 11.5 Å². The maximum Gasteiger partial charge on any atom is 0.273 e. The van der Waals surface area contributed by atoms with Crippen LogP contribution in [-0.2, 0) is 0 Å². The first-order valence-electron chi connectivity index (χ1n) is 5.68. The molecular weight excluding hydrogens is 272 g/mol. The van der Waals surface area contributed by atoms with E-state index in [-0.39, 0.29) is 18.1 Å². The van der Waals surface area contributed by atoms with E-state index in [0.29, 0.717) is 17.3 Å². The summed E-state index contributed by atoms with van der Waals surface area (Å²) in [5.74, 6) is 3.68. The summed E-state index contributed by atoms with van der Waals surface area (Å²) in [5, 5.41) is 16.7. The monoisotopic (exact) mass is 288 g/mol. The molecule has 1 saturated heterocycles. The second kappa shape index (κ2) is 5.99. The van der Waals surface area contributed by atoms with Crippen LogP contribution in [0.3, 0.4) is 0 Å². The van der Waals surface area contributed by atoms with Gasteiger partial charge in [0, 0.05) is 35.6 Å². The Balaban J connectivity index is 1.88. The Kier molecular flexibility index (Phi) is 4.58. The van der Waals surface area contributed by atoms with Crippen molar-refractivity contribution in [2.45, 2.75) is 12.5 Å². The molecule has 2 rings (SSSR count). The number of hydrogen-bond donors (Lipinski definition) is 2. The minimum absolute atomic E-state index is 0.248. The van der Waals surface area contributed by atoms with Crippen LogP contribution in [0.5, 0.6) is 0 Å². The minimum Gasteiger partial charge on any atom is -0.386 e. The fraction of sp³-hybridized carbons (Fsp3) is 0.636. The third-order valence-corrected chi connectivity index (χ3v) is 5.28. The zero-order valence-electron chi connectivity index (χ0n) is 10.1. The predicted octanol–water partition coefficient (Wildman–Crippen LogP) is 0.924. The number of hydrogen-bond acceptors (Lipinski definition) is 6. The number of nitrogens with zero attached hydrogens (tertiary/aromatic N) is 1. The predicted molar refractivity (Wildman–Crippen MR) is 73.2 cm³/mol. The van der Waals surface area contributed by atoms with E-state index in [1.54, 1.807) is 36.5 Å². The quantitative estimate of drug-likeness (QED) is 0.861. The van der Waals surface area contributed by atoms with Gasteiger partial charge in [-0.05, 0) is 6.92 Å². The van der Waals surface area contributed by atoms with Gasteiger partial charge in [-0.3, -0.25) is 4.79 Å². The van der Waals surface area contributed by atoms with Crippen molar-refractivity contribution in [2.75, 3.05) is 29.6 Å². The summed E-state index contributed by atoms with van der Waals surface area (Å²) in [7, 11) is 0. The molecule has 5 nitrogen and oxygen atoms in total. The molecule has 0 atom stereocenters. The molecule has 2 N–H and O–H groups in total. The van der Waals surface area contributed by atoms with Gasteiger partial charge < -0.3 is 14.9 Å². The summed E-state index contributed by atoms with van der Waals surface area (Å²) < 4.78 is 4.84. The van der Waals surface area contributed by atoms with Crippen LogP contribution in [0.2, 0.25) is 0 Å². The lowest BCUT2D eigenvalue weighted by Crippen LogP contribution is -2.46. The van der Waals surface area contributed by atoms with Gasteiger partial charge in [0.05, 0.1) is 5.60 Å². The second-order valence-electron chi connectivity index (χ2n) is 4.33. The lowest BCUT2D eigenvalue weighted by atomic mass is 10.1. The number of thioether (sulfide) groups is 2. The van der Waals surface area contributed by atoms with Crippen LogP contribution in [0.25, 0.3) is 0 Å². The smallest absolute Gasteiger partial charge is 0.273 e. The van der Waals surface area contributed by atoms with E-state index >= 15 is 0 Å². The highest BCUT2D eigenvalue weighted by molar-refractivity contribution is 8.03. The van der Waals surface area contributed by atoms with E-state index in [9.17, 15) is 9.90 Å². The van der Waals surface area contributed by atoms with Crippen molar-refractivity contribution in [3.05, 3.63) is 17.5 Å². The molecular formula is C11H16N2O3S2. The lowest BCUT2D eigenvalue weighted by molar-refractivity contribution is 0.0748. The van der Waals surface area contributed by atoms with E-state index in [1.165, 1.54) is 0 Å². The number of carbonyl (C=O) groups excluding carboxylic acids is 1. The minimum atomic E-state index is -0.833. The topological polar surface area (TPSA) is 75.4 Å². The first kappa shape index (κ1) is 13.8. The van der Waals surface area contributed by atoms with Crippen LogP contribution >= 0.6 is 23.5 Å². The third-order valence-electron chi connectivity index (χ3n) is 2.55. The molecule has 1 fully saturated rings. The van der Waals surface area contributed by atoms with Crippen LogP contribution < -0.4 is 5.32 Å². The highest BCUT2D eigenvalue weighted by atomic mass is 32.2. The number of carbonyl (C=O) groups is 1. The summed E-state index contributed by atoms with van der Waals surface area (Å²) in [4.78, 5) is 11.8. The summed E-state index contributed by atoms with van der Waals surface area (Å²) in [5.41, 5.74) is -0.578. The van der Waals surface area contributed by atoms with Crippen LogP contribution in [0.15, 0.2) is 10.6 Å². The average Bonchev–Trinajstić information content (AvgIpc) is 2.66. The maximum atomic E-state index is 11.8. The van der Waals surface area contributed by atoms with Gasteiger partial charge >= 0.3 is 0 Å². The highest BCUT2D eigenvalue weighted by Gasteiger charge is 2.29. The van der Waals surface area contributed by atoms with Crippen LogP contribution in [0.4, 0.5) is 0 Å². The summed E-state index contributed by atoms with van der Waals surface area (Å²) >= 11 is 3.44. The Hall–Kier alpha value is -0.660. The van der Waals surface area contributed by atoms with E-state index in [1.807, 2.05) is 0 Å². The van der Waals surface area contributed by atoms with Crippen LogP contribution in [0, 0.1) is 6.92 Å². The zero-order chi connectivity index (χ0) is 13.0. The van der Waals surface area contributed by atoms with Crippen molar-refractivity contribution < 1.29 is 14.4 Å². The lowest BCUT2D eigenvalue weighted by Gasteiger charge is -2.25. The molecule has 0 spiro atoms. The molecule has 1 aromatic heterocycles. The first-order chi connectivity index (χ1) is 8.59.